The monoisotopic (exact) mass is 585 g/mol. The molecule has 0 saturated carbocycles. The van der Waals surface area contributed by atoms with Crippen LogP contribution in [0.4, 0.5) is 0 Å². The number of thioether (sulfide) groups is 1. The van der Waals surface area contributed by atoms with Crippen molar-refractivity contribution in [1.82, 2.24) is 25.4 Å². The van der Waals surface area contributed by atoms with Crippen LogP contribution in [0.1, 0.15) is 60.4 Å². The number of rotatable bonds is 11. The van der Waals surface area contributed by atoms with Gasteiger partial charge < -0.3 is 20.5 Å². The predicted molar refractivity (Wildman–Crippen MR) is 160 cm³/mol. The summed E-state index contributed by atoms with van der Waals surface area (Å²) in [6.07, 6.45) is 0. The van der Waals surface area contributed by atoms with Gasteiger partial charge in [-0.1, -0.05) is 24.0 Å². The number of benzene rings is 1. The molecule has 0 aliphatic carbocycles. The van der Waals surface area contributed by atoms with Crippen LogP contribution < -0.4 is 21.5 Å². The molecule has 1 aliphatic heterocycles. The summed E-state index contributed by atoms with van der Waals surface area (Å²) in [5.74, 6) is -0.0717. The number of nitrogens with zero attached hydrogens (tertiary/aromatic N) is 2. The maximum Gasteiger partial charge on any atom is 0.259 e. The molecule has 0 unspecified atom stereocenters. The van der Waals surface area contributed by atoms with E-state index < -0.39 is 0 Å². The molecule has 1 aliphatic rings. The van der Waals surface area contributed by atoms with Crippen LogP contribution in [-0.2, 0) is 11.3 Å². The van der Waals surface area contributed by atoms with E-state index in [0.29, 0.717) is 59.4 Å². The van der Waals surface area contributed by atoms with Crippen molar-refractivity contribution in [3.8, 4) is 0 Å². The fourth-order valence-corrected chi connectivity index (χ4v) is 5.60. The number of ketones is 1. The summed E-state index contributed by atoms with van der Waals surface area (Å²) in [7, 11) is 0. The Morgan fingerprint density at radius 1 is 0.875 bits per heavy atom. The summed E-state index contributed by atoms with van der Waals surface area (Å²) in [5.41, 5.74) is 3.34. The van der Waals surface area contributed by atoms with E-state index in [9.17, 15) is 24.0 Å². The third-order valence-corrected chi connectivity index (χ3v) is 8.25. The number of hydrogen-bond donors (Lipinski definition) is 3. The molecule has 3 N–H and O–H groups in total. The van der Waals surface area contributed by atoms with Gasteiger partial charge in [0.1, 0.15) is 10.1 Å². The highest BCUT2D eigenvalue weighted by atomic mass is 32.2. The molecule has 1 aromatic carbocycles. The highest BCUT2D eigenvalue weighted by Crippen LogP contribution is 2.24. The Hall–Kier alpha value is -3.35. The van der Waals surface area contributed by atoms with Gasteiger partial charge in [0.2, 0.25) is 0 Å². The van der Waals surface area contributed by atoms with Crippen molar-refractivity contribution in [2.45, 2.75) is 41.2 Å². The SMILES string of the molecule is CC(=O)Cn1c(C)cc(C(=O)NCCNCCNC(=O)c2ccc(C(=O)N3CCSC3=S)c(C)c2C)c(C)c1=O. The molecular weight excluding hydrogens is 550 g/mol. The lowest BCUT2D eigenvalue weighted by Crippen LogP contribution is -2.37. The van der Waals surface area contributed by atoms with Crippen LogP contribution in [0, 0.1) is 27.7 Å². The van der Waals surface area contributed by atoms with Crippen LogP contribution in [0.2, 0.25) is 0 Å². The topological polar surface area (TPSA) is 130 Å². The van der Waals surface area contributed by atoms with Crippen LogP contribution in [-0.4, -0.2) is 75.8 Å². The summed E-state index contributed by atoms with van der Waals surface area (Å²) < 4.78 is 1.95. The van der Waals surface area contributed by atoms with E-state index in [-0.39, 0.29) is 41.2 Å². The molecule has 1 saturated heterocycles. The number of pyridine rings is 1. The van der Waals surface area contributed by atoms with Crippen LogP contribution in [0.25, 0.3) is 0 Å². The summed E-state index contributed by atoms with van der Waals surface area (Å²) in [6.45, 7) is 10.6. The zero-order valence-electron chi connectivity index (χ0n) is 23.4. The van der Waals surface area contributed by atoms with Gasteiger partial charge in [-0.2, -0.15) is 0 Å². The van der Waals surface area contributed by atoms with Gasteiger partial charge >= 0.3 is 0 Å². The number of hydrogen-bond acceptors (Lipinski definition) is 8. The molecule has 0 spiro atoms. The van der Waals surface area contributed by atoms with Gasteiger partial charge in [0.05, 0.1) is 6.54 Å². The average Bonchev–Trinajstić information content (AvgIpc) is 3.34. The lowest BCUT2D eigenvalue weighted by atomic mass is 9.96. The summed E-state index contributed by atoms with van der Waals surface area (Å²) >= 11 is 6.76. The van der Waals surface area contributed by atoms with Gasteiger partial charge in [-0.3, -0.25) is 28.9 Å². The van der Waals surface area contributed by atoms with Crippen molar-refractivity contribution < 1.29 is 19.2 Å². The van der Waals surface area contributed by atoms with E-state index >= 15 is 0 Å². The summed E-state index contributed by atoms with van der Waals surface area (Å²) in [5, 5.41) is 8.81. The molecule has 3 rings (SSSR count). The van der Waals surface area contributed by atoms with Crippen molar-refractivity contribution in [3.63, 3.8) is 0 Å². The third kappa shape index (κ3) is 7.23. The molecule has 1 aromatic heterocycles. The van der Waals surface area contributed by atoms with Crippen molar-refractivity contribution in [2.24, 2.45) is 0 Å². The molecule has 2 heterocycles. The van der Waals surface area contributed by atoms with Crippen molar-refractivity contribution in [2.75, 3.05) is 38.5 Å². The quantitative estimate of drug-likeness (QED) is 0.269. The van der Waals surface area contributed by atoms with Gasteiger partial charge in [0, 0.05) is 66.4 Å². The Morgan fingerprint density at radius 2 is 1.45 bits per heavy atom. The molecule has 0 radical (unpaired) electrons. The van der Waals surface area contributed by atoms with Crippen LogP contribution in [0.5, 0.6) is 0 Å². The van der Waals surface area contributed by atoms with E-state index in [0.717, 1.165) is 16.9 Å². The average molecular weight is 586 g/mol. The number of Topliss-reactive ketones (excluding diaryl/α,β-unsaturated/α-hetero) is 1. The minimum Gasteiger partial charge on any atom is -0.351 e. The lowest BCUT2D eigenvalue weighted by Gasteiger charge is -2.18. The zero-order valence-corrected chi connectivity index (χ0v) is 25.1. The van der Waals surface area contributed by atoms with E-state index in [4.69, 9.17) is 12.2 Å². The number of amides is 3. The Labute approximate surface area is 243 Å². The number of thiocarbonyl (C=S) groups is 1. The van der Waals surface area contributed by atoms with Gasteiger partial charge in [0.25, 0.3) is 23.3 Å². The Kier molecular flexibility index (Phi) is 10.8. The normalized spacial score (nSPS) is 12.9. The molecule has 214 valence electrons. The maximum absolute atomic E-state index is 12.9. The van der Waals surface area contributed by atoms with Gasteiger partial charge in [-0.25, -0.2) is 0 Å². The van der Waals surface area contributed by atoms with Crippen LogP contribution in [0.15, 0.2) is 23.0 Å². The second-order valence-corrected chi connectivity index (χ2v) is 11.4. The van der Waals surface area contributed by atoms with E-state index in [1.807, 2.05) is 13.8 Å². The zero-order chi connectivity index (χ0) is 29.6. The Bertz CT molecular complexity index is 1420. The second-order valence-electron chi connectivity index (χ2n) is 9.66. The first-order valence-electron chi connectivity index (χ1n) is 13.0. The first-order valence-corrected chi connectivity index (χ1v) is 14.4. The maximum atomic E-state index is 12.9. The van der Waals surface area contributed by atoms with Crippen LogP contribution in [0.3, 0.4) is 0 Å². The predicted octanol–water partition coefficient (Wildman–Crippen LogP) is 1.89. The largest absolute Gasteiger partial charge is 0.351 e. The van der Waals surface area contributed by atoms with Crippen molar-refractivity contribution in [1.29, 1.82) is 0 Å². The molecular formula is C28H35N5O5S2. The first kappa shape index (κ1) is 31.2. The van der Waals surface area contributed by atoms with E-state index in [1.54, 1.807) is 36.9 Å². The fourth-order valence-electron chi connectivity index (χ4n) is 4.39. The number of carbonyl (C=O) groups is 4. The third-order valence-electron chi connectivity index (χ3n) is 6.82. The van der Waals surface area contributed by atoms with Crippen molar-refractivity contribution >= 4 is 51.8 Å². The summed E-state index contributed by atoms with van der Waals surface area (Å²) in [6, 6.07) is 4.97. The highest BCUT2D eigenvalue weighted by molar-refractivity contribution is 8.23. The molecule has 1 fully saturated rings. The standard InChI is InChI=1S/C28H35N5O5S2/c1-16-14-23(20(5)26(37)33(16)15-17(2)34)25(36)31-11-9-29-8-10-30-24(35)21-6-7-22(19(4)18(21)3)27(38)32-12-13-40-28(32)39/h6-7,14,29H,8-13,15H2,1-5H3,(H,30,35)(H,31,36). The minimum absolute atomic E-state index is 0.0226. The summed E-state index contributed by atoms with van der Waals surface area (Å²) in [4.78, 5) is 63.9. The van der Waals surface area contributed by atoms with Gasteiger partial charge in [0.15, 0.2) is 0 Å². The molecule has 2 aromatic rings. The molecule has 0 bridgehead atoms. The van der Waals surface area contributed by atoms with E-state index in [1.165, 1.54) is 23.3 Å². The van der Waals surface area contributed by atoms with Gasteiger partial charge in [-0.05, 0) is 63.9 Å². The molecule has 10 nitrogen and oxygen atoms in total. The number of aromatic nitrogens is 1. The number of aryl methyl sites for hydroxylation is 1. The Balaban J connectivity index is 1.44. The minimum atomic E-state index is -0.360. The Morgan fingerprint density at radius 3 is 2.02 bits per heavy atom. The van der Waals surface area contributed by atoms with E-state index in [2.05, 4.69) is 16.0 Å². The second kappa shape index (κ2) is 13.8. The lowest BCUT2D eigenvalue weighted by molar-refractivity contribution is -0.117. The molecule has 12 heteroatoms. The van der Waals surface area contributed by atoms with Crippen molar-refractivity contribution in [3.05, 3.63) is 67.6 Å². The number of carbonyl (C=O) groups excluding carboxylic acids is 4. The first-order chi connectivity index (χ1) is 18.9. The molecule has 40 heavy (non-hydrogen) atoms. The van der Waals surface area contributed by atoms with Crippen LogP contribution >= 0.6 is 24.0 Å². The fraction of sp³-hybridized carbons (Fsp3) is 0.429. The van der Waals surface area contributed by atoms with Gasteiger partial charge in [-0.15, -0.1) is 0 Å². The molecule has 3 amide bonds. The number of nitrogens with one attached hydrogen (secondary N) is 3. The highest BCUT2D eigenvalue weighted by Gasteiger charge is 2.27. The smallest absolute Gasteiger partial charge is 0.259 e. The molecule has 0 atom stereocenters.